The lowest BCUT2D eigenvalue weighted by molar-refractivity contribution is -0.121. The summed E-state index contributed by atoms with van der Waals surface area (Å²) in [5.41, 5.74) is 2.08. The number of amides is 1. The third-order valence-corrected chi connectivity index (χ3v) is 5.50. The number of hydrogen-bond donors (Lipinski definition) is 2. The van der Waals surface area contributed by atoms with Gasteiger partial charge in [-0.3, -0.25) is 9.69 Å². The standard InChI is InChI=1S/C22H27ClN2O2/c23-21-9-2-1-7-19(21)14-24-22(27)11-10-17-6-4-12-25(15-17)16-18-5-3-8-20(26)13-18/h1-3,5,7-9,13,17,26H,4,6,10-12,14-16H2,(H,24,27). The molecule has 1 fully saturated rings. The lowest BCUT2D eigenvalue weighted by Crippen LogP contribution is -2.35. The molecule has 0 bridgehead atoms. The predicted octanol–water partition coefficient (Wildman–Crippen LogP) is 4.35. The van der Waals surface area contributed by atoms with Gasteiger partial charge >= 0.3 is 0 Å². The van der Waals surface area contributed by atoms with Gasteiger partial charge in [0.1, 0.15) is 5.75 Å². The van der Waals surface area contributed by atoms with Crippen molar-refractivity contribution >= 4 is 17.5 Å². The first kappa shape index (κ1) is 19.7. The normalized spacial score (nSPS) is 17.6. The molecule has 144 valence electrons. The number of aromatic hydroxyl groups is 1. The molecule has 4 nitrogen and oxygen atoms in total. The maximum atomic E-state index is 12.2. The van der Waals surface area contributed by atoms with Crippen LogP contribution in [0.25, 0.3) is 0 Å². The third kappa shape index (κ3) is 6.26. The molecule has 27 heavy (non-hydrogen) atoms. The molecule has 0 radical (unpaired) electrons. The summed E-state index contributed by atoms with van der Waals surface area (Å²) in [5.74, 6) is 0.943. The lowest BCUT2D eigenvalue weighted by atomic mass is 9.93. The van der Waals surface area contributed by atoms with Gasteiger partial charge in [0.15, 0.2) is 0 Å². The molecule has 0 aliphatic carbocycles. The molecule has 1 aliphatic rings. The Labute approximate surface area is 166 Å². The van der Waals surface area contributed by atoms with E-state index in [1.165, 1.54) is 6.42 Å². The van der Waals surface area contributed by atoms with Gasteiger partial charge in [0.25, 0.3) is 0 Å². The van der Waals surface area contributed by atoms with Crippen molar-refractivity contribution in [1.82, 2.24) is 10.2 Å². The Morgan fingerprint density at radius 1 is 1.22 bits per heavy atom. The average Bonchev–Trinajstić information content (AvgIpc) is 2.66. The van der Waals surface area contributed by atoms with E-state index in [0.29, 0.717) is 29.7 Å². The number of likely N-dealkylation sites (tertiary alicyclic amines) is 1. The second-order valence-corrected chi connectivity index (χ2v) is 7.73. The van der Waals surface area contributed by atoms with E-state index in [4.69, 9.17) is 11.6 Å². The minimum atomic E-state index is 0.0834. The Kier molecular flexibility index (Phi) is 7.13. The summed E-state index contributed by atoms with van der Waals surface area (Å²) in [4.78, 5) is 14.6. The van der Waals surface area contributed by atoms with Crippen molar-refractivity contribution < 1.29 is 9.90 Å². The van der Waals surface area contributed by atoms with Crippen molar-refractivity contribution in [2.24, 2.45) is 5.92 Å². The number of carbonyl (C=O) groups is 1. The minimum Gasteiger partial charge on any atom is -0.508 e. The maximum Gasteiger partial charge on any atom is 0.220 e. The van der Waals surface area contributed by atoms with Gasteiger partial charge in [0.05, 0.1) is 0 Å². The highest BCUT2D eigenvalue weighted by Gasteiger charge is 2.20. The van der Waals surface area contributed by atoms with Gasteiger partial charge in [-0.2, -0.15) is 0 Å². The zero-order chi connectivity index (χ0) is 19.1. The van der Waals surface area contributed by atoms with Crippen LogP contribution in [0.2, 0.25) is 5.02 Å². The van der Waals surface area contributed by atoms with Gasteiger partial charge in [-0.05, 0) is 61.1 Å². The van der Waals surface area contributed by atoms with Crippen molar-refractivity contribution in [2.75, 3.05) is 13.1 Å². The molecule has 5 heteroatoms. The number of rotatable bonds is 7. The summed E-state index contributed by atoms with van der Waals surface area (Å²) in [6.45, 7) is 3.41. The van der Waals surface area contributed by atoms with Gasteiger partial charge in [0.2, 0.25) is 5.91 Å². The molecular weight excluding hydrogens is 360 g/mol. The van der Waals surface area contributed by atoms with Gasteiger partial charge in [-0.25, -0.2) is 0 Å². The van der Waals surface area contributed by atoms with Gasteiger partial charge in [-0.1, -0.05) is 41.9 Å². The first-order chi connectivity index (χ1) is 13.1. The van der Waals surface area contributed by atoms with Crippen molar-refractivity contribution in [2.45, 2.75) is 38.8 Å². The van der Waals surface area contributed by atoms with Crippen LogP contribution in [-0.4, -0.2) is 29.0 Å². The molecule has 1 amide bonds. The molecule has 2 aromatic rings. The fraction of sp³-hybridized carbons (Fsp3) is 0.409. The zero-order valence-corrected chi connectivity index (χ0v) is 16.3. The van der Waals surface area contributed by atoms with Gasteiger partial charge < -0.3 is 10.4 Å². The van der Waals surface area contributed by atoms with Crippen molar-refractivity contribution in [3.05, 3.63) is 64.7 Å². The largest absolute Gasteiger partial charge is 0.508 e. The molecular formula is C22H27ClN2O2. The van der Waals surface area contributed by atoms with Crippen LogP contribution in [0.3, 0.4) is 0 Å². The maximum absolute atomic E-state index is 12.2. The number of benzene rings is 2. The van der Waals surface area contributed by atoms with Crippen molar-refractivity contribution in [3.63, 3.8) is 0 Å². The molecule has 2 aromatic carbocycles. The van der Waals surface area contributed by atoms with E-state index in [1.54, 1.807) is 6.07 Å². The van der Waals surface area contributed by atoms with Crippen LogP contribution in [0.4, 0.5) is 0 Å². The number of halogens is 1. The number of carbonyl (C=O) groups excluding carboxylic acids is 1. The highest BCUT2D eigenvalue weighted by atomic mass is 35.5. The van der Waals surface area contributed by atoms with Gasteiger partial charge in [0, 0.05) is 31.1 Å². The molecule has 1 saturated heterocycles. The molecule has 1 aliphatic heterocycles. The molecule has 0 spiro atoms. The van der Waals surface area contributed by atoms with Crippen LogP contribution in [0.1, 0.15) is 36.8 Å². The molecule has 1 unspecified atom stereocenters. The molecule has 0 saturated carbocycles. The molecule has 1 heterocycles. The first-order valence-electron chi connectivity index (χ1n) is 9.60. The molecule has 1 atom stereocenters. The van der Waals surface area contributed by atoms with E-state index < -0.39 is 0 Å². The first-order valence-corrected chi connectivity index (χ1v) is 9.98. The van der Waals surface area contributed by atoms with Crippen LogP contribution in [0.5, 0.6) is 5.75 Å². The number of nitrogens with one attached hydrogen (secondary N) is 1. The van der Waals surface area contributed by atoms with Crippen molar-refractivity contribution in [1.29, 1.82) is 0 Å². The van der Waals surface area contributed by atoms with Crippen LogP contribution in [0.15, 0.2) is 48.5 Å². The number of nitrogens with zero attached hydrogens (tertiary/aromatic N) is 1. The molecule has 3 rings (SSSR count). The summed E-state index contributed by atoms with van der Waals surface area (Å²) in [6, 6.07) is 15.0. The minimum absolute atomic E-state index is 0.0834. The smallest absolute Gasteiger partial charge is 0.220 e. The zero-order valence-electron chi connectivity index (χ0n) is 15.5. The Balaban J connectivity index is 1.41. The Bertz CT molecular complexity index is 765. The third-order valence-electron chi connectivity index (χ3n) is 5.13. The summed E-state index contributed by atoms with van der Waals surface area (Å²) >= 11 is 6.13. The summed E-state index contributed by atoms with van der Waals surface area (Å²) in [5, 5.41) is 13.3. The fourth-order valence-corrected chi connectivity index (χ4v) is 3.91. The average molecular weight is 387 g/mol. The second-order valence-electron chi connectivity index (χ2n) is 7.32. The van der Waals surface area contributed by atoms with E-state index in [9.17, 15) is 9.90 Å². The van der Waals surface area contributed by atoms with Crippen LogP contribution in [0, 0.1) is 5.92 Å². The second kappa shape index (κ2) is 9.77. The molecule has 2 N–H and O–H groups in total. The number of hydrogen-bond acceptors (Lipinski definition) is 3. The van der Waals surface area contributed by atoms with E-state index in [0.717, 1.165) is 43.6 Å². The van der Waals surface area contributed by atoms with E-state index in [1.807, 2.05) is 42.5 Å². The van der Waals surface area contributed by atoms with Crippen molar-refractivity contribution in [3.8, 4) is 5.75 Å². The molecule has 0 aromatic heterocycles. The Hall–Kier alpha value is -2.04. The predicted molar refractivity (Wildman–Crippen MR) is 109 cm³/mol. The topological polar surface area (TPSA) is 52.6 Å². The summed E-state index contributed by atoms with van der Waals surface area (Å²) < 4.78 is 0. The Morgan fingerprint density at radius 3 is 2.89 bits per heavy atom. The summed E-state index contributed by atoms with van der Waals surface area (Å²) in [6.07, 6.45) is 3.79. The number of phenols is 1. The lowest BCUT2D eigenvalue weighted by Gasteiger charge is -2.32. The Morgan fingerprint density at radius 2 is 2.07 bits per heavy atom. The number of piperidine rings is 1. The highest BCUT2D eigenvalue weighted by Crippen LogP contribution is 2.23. The van der Waals surface area contributed by atoms with E-state index in [2.05, 4.69) is 10.2 Å². The summed E-state index contributed by atoms with van der Waals surface area (Å²) in [7, 11) is 0. The monoisotopic (exact) mass is 386 g/mol. The SMILES string of the molecule is O=C(CCC1CCCN(Cc2cccc(O)c2)C1)NCc1ccccc1Cl. The number of phenolic OH excluding ortho intramolecular Hbond substituents is 1. The highest BCUT2D eigenvalue weighted by molar-refractivity contribution is 6.31. The van der Waals surface area contributed by atoms with Gasteiger partial charge in [-0.15, -0.1) is 0 Å². The fourth-order valence-electron chi connectivity index (χ4n) is 3.70. The van der Waals surface area contributed by atoms with Crippen LogP contribution >= 0.6 is 11.6 Å². The van der Waals surface area contributed by atoms with Crippen LogP contribution in [-0.2, 0) is 17.9 Å². The van der Waals surface area contributed by atoms with E-state index in [-0.39, 0.29) is 5.91 Å². The quantitative estimate of drug-likeness (QED) is 0.743. The van der Waals surface area contributed by atoms with Crippen LogP contribution < -0.4 is 5.32 Å². The van der Waals surface area contributed by atoms with E-state index >= 15 is 0 Å².